The summed E-state index contributed by atoms with van der Waals surface area (Å²) in [4.78, 5) is 12.4. The van der Waals surface area contributed by atoms with Gasteiger partial charge in [0.15, 0.2) is 0 Å². The number of nitrogens with one attached hydrogen (secondary N) is 2. The van der Waals surface area contributed by atoms with E-state index in [0.717, 1.165) is 37.2 Å². The predicted molar refractivity (Wildman–Crippen MR) is 75.0 cm³/mol. The van der Waals surface area contributed by atoms with E-state index in [9.17, 15) is 4.79 Å². The number of carbonyl (C=O) groups is 1. The lowest BCUT2D eigenvalue weighted by molar-refractivity contribution is -0.125. The van der Waals surface area contributed by atoms with Gasteiger partial charge in [-0.1, -0.05) is 23.7 Å². The Kier molecular flexibility index (Phi) is 3.93. The molecule has 18 heavy (non-hydrogen) atoms. The number of amides is 1. The van der Waals surface area contributed by atoms with Crippen molar-refractivity contribution in [3.8, 4) is 0 Å². The van der Waals surface area contributed by atoms with Crippen LogP contribution in [0.2, 0.25) is 5.02 Å². The van der Waals surface area contributed by atoms with E-state index >= 15 is 0 Å². The second-order valence-corrected chi connectivity index (χ2v) is 5.63. The zero-order chi connectivity index (χ0) is 13.2. The van der Waals surface area contributed by atoms with E-state index in [-0.39, 0.29) is 11.3 Å². The van der Waals surface area contributed by atoms with Crippen molar-refractivity contribution >= 4 is 23.2 Å². The van der Waals surface area contributed by atoms with Gasteiger partial charge in [-0.2, -0.15) is 0 Å². The number of piperidine rings is 1. The van der Waals surface area contributed by atoms with Gasteiger partial charge in [-0.15, -0.1) is 0 Å². The van der Waals surface area contributed by atoms with E-state index in [1.807, 2.05) is 26.0 Å². The van der Waals surface area contributed by atoms with Gasteiger partial charge in [-0.05, 0) is 44.9 Å². The van der Waals surface area contributed by atoms with Gasteiger partial charge in [-0.3, -0.25) is 4.79 Å². The van der Waals surface area contributed by atoms with E-state index in [4.69, 9.17) is 11.6 Å². The van der Waals surface area contributed by atoms with Crippen LogP contribution in [0, 0.1) is 12.3 Å². The Hall–Kier alpha value is -1.06. The molecule has 1 aliphatic heterocycles. The van der Waals surface area contributed by atoms with Crippen molar-refractivity contribution in [1.29, 1.82) is 0 Å². The number of carbonyl (C=O) groups excluding carboxylic acids is 1. The Labute approximate surface area is 113 Å². The molecule has 1 aliphatic rings. The van der Waals surface area contributed by atoms with E-state index in [1.54, 1.807) is 6.07 Å². The number of anilines is 1. The van der Waals surface area contributed by atoms with Gasteiger partial charge in [0, 0.05) is 6.54 Å². The molecule has 0 aromatic heterocycles. The van der Waals surface area contributed by atoms with E-state index in [2.05, 4.69) is 10.6 Å². The summed E-state index contributed by atoms with van der Waals surface area (Å²) in [6.45, 7) is 5.67. The van der Waals surface area contributed by atoms with Gasteiger partial charge < -0.3 is 10.6 Å². The Morgan fingerprint density at radius 3 is 2.89 bits per heavy atom. The average Bonchev–Trinajstić information content (AvgIpc) is 2.34. The monoisotopic (exact) mass is 266 g/mol. The molecule has 0 saturated carbocycles. The van der Waals surface area contributed by atoms with Crippen LogP contribution >= 0.6 is 11.6 Å². The van der Waals surface area contributed by atoms with Crippen molar-refractivity contribution in [1.82, 2.24) is 5.32 Å². The van der Waals surface area contributed by atoms with Crippen LogP contribution in [0.1, 0.15) is 25.3 Å². The molecule has 2 N–H and O–H groups in total. The summed E-state index contributed by atoms with van der Waals surface area (Å²) >= 11 is 6.13. The zero-order valence-corrected chi connectivity index (χ0v) is 11.6. The van der Waals surface area contributed by atoms with E-state index in [0.29, 0.717) is 5.02 Å². The summed E-state index contributed by atoms with van der Waals surface area (Å²) < 4.78 is 0. The van der Waals surface area contributed by atoms with Gasteiger partial charge in [0.2, 0.25) is 5.91 Å². The molecular formula is C14H19ClN2O. The van der Waals surface area contributed by atoms with Crippen LogP contribution in [-0.2, 0) is 4.79 Å². The average molecular weight is 267 g/mol. The minimum Gasteiger partial charge on any atom is -0.324 e. The first kappa shape index (κ1) is 13.4. The Morgan fingerprint density at radius 2 is 2.28 bits per heavy atom. The van der Waals surface area contributed by atoms with Crippen molar-refractivity contribution < 1.29 is 4.79 Å². The first-order chi connectivity index (χ1) is 8.53. The summed E-state index contributed by atoms with van der Waals surface area (Å²) in [5.74, 6) is 0.0471. The highest BCUT2D eigenvalue weighted by Crippen LogP contribution is 2.30. The van der Waals surface area contributed by atoms with Crippen molar-refractivity contribution in [3.63, 3.8) is 0 Å². The Morgan fingerprint density at radius 1 is 1.50 bits per heavy atom. The molecule has 1 heterocycles. The Balaban J connectivity index is 2.16. The number of rotatable bonds is 2. The highest BCUT2D eigenvalue weighted by molar-refractivity contribution is 6.34. The first-order valence-corrected chi connectivity index (χ1v) is 6.68. The normalized spacial score (nSPS) is 23.7. The lowest BCUT2D eigenvalue weighted by Crippen LogP contribution is -2.46. The molecule has 1 saturated heterocycles. The van der Waals surface area contributed by atoms with Crippen LogP contribution in [-0.4, -0.2) is 19.0 Å². The molecule has 1 aromatic carbocycles. The molecule has 0 aliphatic carbocycles. The molecule has 98 valence electrons. The molecule has 1 amide bonds. The third-order valence-electron chi connectivity index (χ3n) is 3.61. The molecule has 0 radical (unpaired) electrons. The quantitative estimate of drug-likeness (QED) is 0.864. The first-order valence-electron chi connectivity index (χ1n) is 6.30. The van der Waals surface area contributed by atoms with Gasteiger partial charge in [0.05, 0.1) is 16.1 Å². The van der Waals surface area contributed by atoms with Crippen LogP contribution in [0.5, 0.6) is 0 Å². The van der Waals surface area contributed by atoms with Crippen molar-refractivity contribution in [2.75, 3.05) is 18.4 Å². The van der Waals surface area contributed by atoms with Gasteiger partial charge in [-0.25, -0.2) is 0 Å². The third-order valence-corrected chi connectivity index (χ3v) is 3.92. The molecule has 0 bridgehead atoms. The molecule has 1 aromatic rings. The van der Waals surface area contributed by atoms with Crippen LogP contribution in [0.4, 0.5) is 5.69 Å². The summed E-state index contributed by atoms with van der Waals surface area (Å²) in [6.07, 6.45) is 1.95. The number of para-hydroxylation sites is 1. The third kappa shape index (κ3) is 2.68. The minimum absolute atomic E-state index is 0.0471. The molecule has 3 nitrogen and oxygen atoms in total. The summed E-state index contributed by atoms with van der Waals surface area (Å²) in [7, 11) is 0. The van der Waals surface area contributed by atoms with Crippen LogP contribution < -0.4 is 10.6 Å². The fraction of sp³-hybridized carbons (Fsp3) is 0.500. The maximum Gasteiger partial charge on any atom is 0.231 e. The lowest BCUT2D eigenvalue weighted by atomic mass is 9.82. The standard InChI is InChI=1S/C14H19ClN2O/c1-10-5-3-6-11(15)12(10)17-13(18)14(2)7-4-8-16-9-14/h3,5-6,16H,4,7-9H2,1-2H3,(H,17,18). The lowest BCUT2D eigenvalue weighted by Gasteiger charge is -2.32. The second kappa shape index (κ2) is 5.29. The van der Waals surface area contributed by atoms with Gasteiger partial charge in [0.1, 0.15) is 0 Å². The topological polar surface area (TPSA) is 41.1 Å². The molecule has 0 spiro atoms. The maximum atomic E-state index is 12.4. The fourth-order valence-electron chi connectivity index (χ4n) is 2.30. The largest absolute Gasteiger partial charge is 0.324 e. The summed E-state index contributed by atoms with van der Waals surface area (Å²) in [5.41, 5.74) is 1.38. The molecule has 4 heteroatoms. The summed E-state index contributed by atoms with van der Waals surface area (Å²) in [6, 6.07) is 5.63. The maximum absolute atomic E-state index is 12.4. The van der Waals surface area contributed by atoms with Crippen LogP contribution in [0.3, 0.4) is 0 Å². The highest BCUT2D eigenvalue weighted by Gasteiger charge is 2.34. The van der Waals surface area contributed by atoms with Gasteiger partial charge in [0.25, 0.3) is 0 Å². The van der Waals surface area contributed by atoms with Crippen molar-refractivity contribution in [2.45, 2.75) is 26.7 Å². The number of hydrogen-bond acceptors (Lipinski definition) is 2. The predicted octanol–water partition coefficient (Wildman–Crippen LogP) is 2.98. The molecule has 1 unspecified atom stereocenters. The second-order valence-electron chi connectivity index (χ2n) is 5.23. The fourth-order valence-corrected chi connectivity index (χ4v) is 2.57. The molecule has 1 fully saturated rings. The number of aryl methyl sites for hydroxylation is 1. The van der Waals surface area contributed by atoms with Crippen LogP contribution in [0.25, 0.3) is 0 Å². The van der Waals surface area contributed by atoms with Gasteiger partial charge >= 0.3 is 0 Å². The number of benzene rings is 1. The smallest absolute Gasteiger partial charge is 0.231 e. The summed E-state index contributed by atoms with van der Waals surface area (Å²) in [5, 5.41) is 6.85. The van der Waals surface area contributed by atoms with Crippen LogP contribution in [0.15, 0.2) is 18.2 Å². The molecular weight excluding hydrogens is 248 g/mol. The minimum atomic E-state index is -0.343. The number of halogens is 1. The zero-order valence-electron chi connectivity index (χ0n) is 10.8. The van der Waals surface area contributed by atoms with Crippen molar-refractivity contribution in [3.05, 3.63) is 28.8 Å². The number of hydrogen-bond donors (Lipinski definition) is 2. The molecule has 1 atom stereocenters. The highest BCUT2D eigenvalue weighted by atomic mass is 35.5. The van der Waals surface area contributed by atoms with E-state index < -0.39 is 0 Å². The molecule has 2 rings (SSSR count). The Bertz CT molecular complexity index is 433. The van der Waals surface area contributed by atoms with E-state index in [1.165, 1.54) is 0 Å². The SMILES string of the molecule is Cc1cccc(Cl)c1NC(=O)C1(C)CCCNC1. The van der Waals surface area contributed by atoms with Crippen molar-refractivity contribution in [2.24, 2.45) is 5.41 Å².